The molecule has 3 aliphatic heterocycles. The first-order valence-corrected chi connectivity index (χ1v) is 17.3. The van der Waals surface area contributed by atoms with Gasteiger partial charge < -0.3 is 24.6 Å². The molecule has 0 spiro atoms. The number of fused-ring (bicyclic) bond motifs is 3. The van der Waals surface area contributed by atoms with Crippen molar-refractivity contribution in [2.75, 3.05) is 18.9 Å². The van der Waals surface area contributed by atoms with Gasteiger partial charge in [-0.1, -0.05) is 12.2 Å². The van der Waals surface area contributed by atoms with Crippen LogP contribution < -0.4 is 17.0 Å². The van der Waals surface area contributed by atoms with Crippen molar-refractivity contribution in [2.24, 2.45) is 0 Å². The predicted octanol–water partition coefficient (Wildman–Crippen LogP) is 0.502. The lowest BCUT2D eigenvalue weighted by molar-refractivity contribution is -0.0576. The molecule has 0 amide bonds. The number of nitrogen functional groups attached to an aromatic ring is 1. The molecule has 3 aliphatic rings. The van der Waals surface area contributed by atoms with E-state index in [2.05, 4.69) is 27.2 Å². The SMILES string of the molecule is Nc1ncnc2c1ncn2[C@@H]1O[C@@H]2COP(O)(=S)O[C@@H]3C(F)[C@H](n4ccc(=O)[nH]c4=O)O[C@@H]3COP(=O)(S)OC2C1F. The highest BCUT2D eigenvalue weighted by Gasteiger charge is 2.54. The summed E-state index contributed by atoms with van der Waals surface area (Å²) in [6, 6.07) is 0.961. The van der Waals surface area contributed by atoms with Gasteiger partial charge in [-0.2, -0.15) is 0 Å². The number of alkyl halides is 2. The zero-order chi connectivity index (χ0) is 30.0. The molecule has 0 bridgehead atoms. The van der Waals surface area contributed by atoms with Crippen molar-refractivity contribution in [2.45, 2.75) is 49.2 Å². The topological polar surface area (TPSA) is 217 Å². The molecule has 0 radical (unpaired) electrons. The lowest BCUT2D eigenvalue weighted by Crippen LogP contribution is -2.37. The van der Waals surface area contributed by atoms with Crippen LogP contribution in [0.1, 0.15) is 12.5 Å². The van der Waals surface area contributed by atoms with E-state index in [0.29, 0.717) is 0 Å². The smallest absolute Gasteiger partial charge is 0.382 e. The van der Waals surface area contributed by atoms with E-state index in [1.54, 1.807) is 0 Å². The van der Waals surface area contributed by atoms with Gasteiger partial charge in [0.15, 0.2) is 36.3 Å². The third-order valence-corrected chi connectivity index (χ3v) is 9.81. The van der Waals surface area contributed by atoms with Gasteiger partial charge in [0.2, 0.25) is 0 Å². The molecule has 17 nitrogen and oxygen atoms in total. The fourth-order valence-corrected chi connectivity index (χ4v) is 7.66. The quantitative estimate of drug-likeness (QED) is 0.216. The Hall–Kier alpha value is -2.16. The van der Waals surface area contributed by atoms with Crippen molar-refractivity contribution < 1.29 is 45.8 Å². The van der Waals surface area contributed by atoms with Gasteiger partial charge in [-0.25, -0.2) is 33.1 Å². The van der Waals surface area contributed by atoms with Crippen LogP contribution in [0.2, 0.25) is 0 Å². The summed E-state index contributed by atoms with van der Waals surface area (Å²) < 4.78 is 79.5. The number of halogens is 2. The van der Waals surface area contributed by atoms with Crippen LogP contribution in [0.3, 0.4) is 0 Å². The minimum atomic E-state index is -4.42. The number of nitrogens with one attached hydrogen (secondary N) is 1. The summed E-state index contributed by atoms with van der Waals surface area (Å²) in [5.74, 6) is 0.0382. The molecule has 3 fully saturated rings. The molecule has 3 saturated heterocycles. The van der Waals surface area contributed by atoms with E-state index in [9.17, 15) is 19.0 Å². The van der Waals surface area contributed by atoms with Gasteiger partial charge in [-0.15, -0.1) is 0 Å². The van der Waals surface area contributed by atoms with Gasteiger partial charge in [0, 0.05) is 12.3 Å². The monoisotopic (exact) mass is 671 g/mol. The van der Waals surface area contributed by atoms with Crippen LogP contribution in [0.15, 0.2) is 34.5 Å². The van der Waals surface area contributed by atoms with Gasteiger partial charge in [0.1, 0.15) is 36.3 Å². The Morgan fingerprint density at radius 1 is 1.05 bits per heavy atom. The molecule has 0 aromatic carbocycles. The number of aromatic amines is 1. The highest BCUT2D eigenvalue weighted by atomic mass is 32.7. The Morgan fingerprint density at radius 2 is 1.69 bits per heavy atom. The predicted molar refractivity (Wildman–Crippen MR) is 143 cm³/mol. The number of thiol groups is 1. The molecule has 4 N–H and O–H groups in total. The highest BCUT2D eigenvalue weighted by molar-refractivity contribution is 8.44. The lowest BCUT2D eigenvalue weighted by atomic mass is 10.1. The van der Waals surface area contributed by atoms with Crippen molar-refractivity contribution >= 4 is 54.6 Å². The number of aromatic nitrogens is 6. The lowest BCUT2D eigenvalue weighted by Gasteiger charge is -2.29. The Kier molecular flexibility index (Phi) is 7.89. The summed E-state index contributed by atoms with van der Waals surface area (Å²) in [5, 5.41) is 0. The number of nitrogens with zero attached hydrogens (tertiary/aromatic N) is 5. The number of ether oxygens (including phenoxy) is 2. The summed E-state index contributed by atoms with van der Waals surface area (Å²) in [7, 11) is 0. The molecule has 228 valence electrons. The van der Waals surface area contributed by atoms with Crippen LogP contribution in [-0.2, 0) is 43.9 Å². The van der Waals surface area contributed by atoms with Crippen LogP contribution in [0, 0.1) is 0 Å². The standard InChI is InChI=1S/C19H21F2N7O10P2S2/c20-10-13-7(35-17(10)27-2-1-9(29)26-19(27)30)3-33-40(32,42)38-14-8(4-34-39(31,41)37-13)36-18(11(14)21)28-6-25-12-15(22)23-5-24-16(12)28/h1-2,5-8,10-11,13-14,17-18H,3-4H2,(H,31,41)(H,32,42)(H2,22,23,24)(H,26,29,30)/t7-,8-,10?,11?,13+,14?,17-,18-,39?,40?/m1/s1. The molecule has 23 heteroatoms. The van der Waals surface area contributed by atoms with Crippen LogP contribution in [0.4, 0.5) is 14.6 Å². The van der Waals surface area contributed by atoms with E-state index in [4.69, 9.17) is 45.1 Å². The van der Waals surface area contributed by atoms with E-state index in [0.717, 1.165) is 23.2 Å². The highest BCUT2D eigenvalue weighted by Crippen LogP contribution is 2.58. The molecular formula is C19H21F2N7O10P2S2. The van der Waals surface area contributed by atoms with Gasteiger partial charge in [0.25, 0.3) is 5.56 Å². The first kappa shape index (κ1) is 29.9. The van der Waals surface area contributed by atoms with Crippen molar-refractivity contribution in [3.8, 4) is 0 Å². The van der Waals surface area contributed by atoms with Crippen LogP contribution in [-0.4, -0.2) is 83.9 Å². The second-order valence-electron chi connectivity index (χ2n) is 9.29. The number of anilines is 1. The molecule has 6 heterocycles. The first-order valence-electron chi connectivity index (χ1n) is 12.0. The zero-order valence-corrected chi connectivity index (χ0v) is 24.3. The van der Waals surface area contributed by atoms with Gasteiger partial charge in [0.05, 0.1) is 19.5 Å². The summed E-state index contributed by atoms with van der Waals surface area (Å²) in [6.07, 6.45) is -10.2. The minimum absolute atomic E-state index is 0.0382. The average Bonchev–Trinajstić information content (AvgIpc) is 3.57. The molecule has 6 rings (SSSR count). The Labute approximate surface area is 243 Å². The molecule has 10 atom stereocenters. The van der Waals surface area contributed by atoms with Crippen molar-refractivity contribution in [1.82, 2.24) is 29.1 Å². The number of rotatable bonds is 2. The number of H-pyrrole nitrogens is 1. The number of nitrogens with two attached hydrogens (primary N) is 1. The fourth-order valence-electron chi connectivity index (χ4n) is 4.74. The summed E-state index contributed by atoms with van der Waals surface area (Å²) in [6.45, 7) is -10.1. The van der Waals surface area contributed by atoms with E-state index < -0.39 is 87.2 Å². The third kappa shape index (κ3) is 5.59. The summed E-state index contributed by atoms with van der Waals surface area (Å²) >= 11 is 8.99. The largest absolute Gasteiger partial charge is 0.386 e. The molecule has 42 heavy (non-hydrogen) atoms. The first-order chi connectivity index (χ1) is 19.8. The second kappa shape index (κ2) is 11.1. The third-order valence-electron chi connectivity index (χ3n) is 6.63. The molecule has 5 unspecified atom stereocenters. The van der Waals surface area contributed by atoms with E-state index in [1.165, 1.54) is 10.9 Å². The maximum atomic E-state index is 15.9. The van der Waals surface area contributed by atoms with E-state index in [-0.39, 0.29) is 17.0 Å². The second-order valence-corrected chi connectivity index (χ2v) is 15.0. The minimum Gasteiger partial charge on any atom is -0.382 e. The van der Waals surface area contributed by atoms with E-state index in [1.807, 2.05) is 4.98 Å². The van der Waals surface area contributed by atoms with Crippen LogP contribution in [0.25, 0.3) is 11.2 Å². The van der Waals surface area contributed by atoms with Crippen molar-refractivity contribution in [1.29, 1.82) is 0 Å². The molecule has 3 aromatic heterocycles. The fraction of sp³-hybridized carbons (Fsp3) is 0.526. The Morgan fingerprint density at radius 3 is 2.38 bits per heavy atom. The van der Waals surface area contributed by atoms with Crippen molar-refractivity contribution in [3.63, 3.8) is 0 Å². The molecule has 0 aliphatic carbocycles. The number of hydrogen-bond acceptors (Lipinski definition) is 14. The maximum Gasteiger partial charge on any atom is 0.386 e. The van der Waals surface area contributed by atoms with Crippen LogP contribution >= 0.6 is 25.8 Å². The molecule has 0 saturated carbocycles. The summed E-state index contributed by atoms with van der Waals surface area (Å²) in [4.78, 5) is 48.4. The van der Waals surface area contributed by atoms with Gasteiger partial charge >= 0.3 is 19.2 Å². The van der Waals surface area contributed by atoms with Crippen LogP contribution in [0.5, 0.6) is 0 Å². The van der Waals surface area contributed by atoms with Gasteiger partial charge in [-0.05, 0) is 11.8 Å². The van der Waals surface area contributed by atoms with Crippen molar-refractivity contribution in [3.05, 3.63) is 45.8 Å². The summed E-state index contributed by atoms with van der Waals surface area (Å²) in [5.41, 5.74) is 4.38. The Balaban J connectivity index is 1.28. The van der Waals surface area contributed by atoms with E-state index >= 15 is 8.78 Å². The maximum absolute atomic E-state index is 15.9. The number of hydrogen-bond donors (Lipinski definition) is 4. The molecular weight excluding hydrogens is 650 g/mol. The van der Waals surface area contributed by atoms with Gasteiger partial charge in [-0.3, -0.25) is 32.5 Å². The molecule has 3 aromatic rings. The normalized spacial score (nSPS) is 39.3. The number of imidazole rings is 1. The Bertz CT molecular complexity index is 1730. The zero-order valence-electron chi connectivity index (χ0n) is 20.8. The average molecular weight is 671 g/mol.